The lowest BCUT2D eigenvalue weighted by Gasteiger charge is -2.18. The molecule has 5 heteroatoms. The molecule has 150 valence electrons. The van der Waals surface area contributed by atoms with Crippen molar-refractivity contribution in [2.45, 2.75) is 39.5 Å². The largest absolute Gasteiger partial charge is 0.494 e. The van der Waals surface area contributed by atoms with Crippen molar-refractivity contribution in [2.24, 2.45) is 11.0 Å². The standard InChI is InChI=1S/C24H27N3O2/c1-3-11-29-19-6-4-5-17(13-19)15-25-27-24(28)18-8-10-23-21(14-18)20-12-16(2)7-9-22(20)26-23/h4-6,8,10,13-16,26H,3,7,9,11-12H2,1-2H3,(H,27,28)/b25-15-. The van der Waals surface area contributed by atoms with Crippen LogP contribution in [0.1, 0.15) is 53.9 Å². The predicted molar refractivity (Wildman–Crippen MR) is 117 cm³/mol. The number of aromatic amines is 1. The Labute approximate surface area is 171 Å². The Morgan fingerprint density at radius 3 is 3.07 bits per heavy atom. The zero-order valence-corrected chi connectivity index (χ0v) is 17.0. The summed E-state index contributed by atoms with van der Waals surface area (Å²) in [6.45, 7) is 5.04. The number of hydrazone groups is 1. The van der Waals surface area contributed by atoms with Crippen LogP contribution in [0.2, 0.25) is 0 Å². The molecule has 5 nitrogen and oxygen atoms in total. The number of nitrogens with zero attached hydrogens (tertiary/aromatic N) is 1. The topological polar surface area (TPSA) is 66.5 Å². The van der Waals surface area contributed by atoms with Crippen LogP contribution in [0, 0.1) is 5.92 Å². The minimum absolute atomic E-state index is 0.208. The molecular weight excluding hydrogens is 362 g/mol. The number of carbonyl (C=O) groups excluding carboxylic acids is 1. The molecule has 0 saturated carbocycles. The van der Waals surface area contributed by atoms with E-state index < -0.39 is 0 Å². The third-order valence-corrected chi connectivity index (χ3v) is 5.41. The summed E-state index contributed by atoms with van der Waals surface area (Å²) < 4.78 is 5.63. The number of aryl methyl sites for hydroxylation is 1. The van der Waals surface area contributed by atoms with Crippen LogP contribution in [0.3, 0.4) is 0 Å². The minimum atomic E-state index is -0.208. The molecule has 0 spiro atoms. The molecule has 1 aromatic heterocycles. The molecule has 1 amide bonds. The monoisotopic (exact) mass is 389 g/mol. The smallest absolute Gasteiger partial charge is 0.271 e. The second kappa shape index (κ2) is 8.52. The van der Waals surface area contributed by atoms with Crippen LogP contribution in [-0.4, -0.2) is 23.7 Å². The van der Waals surface area contributed by atoms with Crippen LogP contribution >= 0.6 is 0 Å². The van der Waals surface area contributed by atoms with E-state index in [1.54, 1.807) is 6.21 Å². The summed E-state index contributed by atoms with van der Waals surface area (Å²) in [4.78, 5) is 16.1. The van der Waals surface area contributed by atoms with E-state index in [4.69, 9.17) is 4.74 Å². The first-order valence-electron chi connectivity index (χ1n) is 10.3. The number of benzene rings is 2. The van der Waals surface area contributed by atoms with Crippen LogP contribution in [0.4, 0.5) is 0 Å². The molecule has 4 rings (SSSR count). The molecule has 1 unspecified atom stereocenters. The molecule has 2 aromatic carbocycles. The number of H-pyrrole nitrogens is 1. The lowest BCUT2D eigenvalue weighted by atomic mass is 9.87. The molecular formula is C24H27N3O2. The van der Waals surface area contributed by atoms with Crippen LogP contribution in [0.15, 0.2) is 47.6 Å². The normalized spacial score (nSPS) is 16.1. The van der Waals surface area contributed by atoms with Crippen LogP contribution < -0.4 is 10.2 Å². The van der Waals surface area contributed by atoms with Crippen molar-refractivity contribution in [3.8, 4) is 5.75 Å². The van der Waals surface area contributed by atoms with E-state index in [0.717, 1.165) is 41.5 Å². The zero-order chi connectivity index (χ0) is 20.2. The lowest BCUT2D eigenvalue weighted by Crippen LogP contribution is -2.17. The second-order valence-electron chi connectivity index (χ2n) is 7.81. The predicted octanol–water partition coefficient (Wildman–Crippen LogP) is 4.85. The molecule has 1 aliphatic rings. The van der Waals surface area contributed by atoms with E-state index >= 15 is 0 Å². The first-order valence-corrected chi connectivity index (χ1v) is 10.3. The third-order valence-electron chi connectivity index (χ3n) is 5.41. The van der Waals surface area contributed by atoms with Gasteiger partial charge < -0.3 is 9.72 Å². The zero-order valence-electron chi connectivity index (χ0n) is 17.0. The Morgan fingerprint density at radius 2 is 2.21 bits per heavy atom. The fourth-order valence-electron chi connectivity index (χ4n) is 3.87. The molecule has 2 N–H and O–H groups in total. The van der Waals surface area contributed by atoms with Crippen molar-refractivity contribution in [1.82, 2.24) is 10.4 Å². The number of carbonyl (C=O) groups is 1. The Bertz CT molecular complexity index is 1050. The highest BCUT2D eigenvalue weighted by Crippen LogP contribution is 2.32. The van der Waals surface area contributed by atoms with Gasteiger partial charge in [0.2, 0.25) is 0 Å². The van der Waals surface area contributed by atoms with Gasteiger partial charge in [0.05, 0.1) is 12.8 Å². The summed E-state index contributed by atoms with van der Waals surface area (Å²) in [6, 6.07) is 13.5. The van der Waals surface area contributed by atoms with Crippen molar-refractivity contribution in [3.63, 3.8) is 0 Å². The van der Waals surface area contributed by atoms with Crippen LogP contribution in [-0.2, 0) is 12.8 Å². The number of aromatic nitrogens is 1. The van der Waals surface area contributed by atoms with Gasteiger partial charge in [0.15, 0.2) is 0 Å². The number of ether oxygens (including phenoxy) is 1. The average molecular weight is 389 g/mol. The average Bonchev–Trinajstić information content (AvgIpc) is 3.09. The maximum absolute atomic E-state index is 12.6. The number of rotatable bonds is 6. The van der Waals surface area contributed by atoms with Crippen molar-refractivity contribution in [3.05, 3.63) is 64.8 Å². The first kappa shape index (κ1) is 19.2. The van der Waals surface area contributed by atoms with E-state index in [1.165, 1.54) is 17.7 Å². The Morgan fingerprint density at radius 1 is 1.31 bits per heavy atom. The fraction of sp³-hybridized carbons (Fsp3) is 0.333. The maximum atomic E-state index is 12.6. The van der Waals surface area contributed by atoms with E-state index in [-0.39, 0.29) is 5.91 Å². The van der Waals surface area contributed by atoms with Gasteiger partial charge in [-0.2, -0.15) is 5.10 Å². The Hall–Kier alpha value is -3.08. The molecule has 0 radical (unpaired) electrons. The first-order chi connectivity index (χ1) is 14.1. The second-order valence-corrected chi connectivity index (χ2v) is 7.81. The summed E-state index contributed by atoms with van der Waals surface area (Å²) in [6.07, 6.45) is 5.96. The number of nitrogens with one attached hydrogen (secondary N) is 2. The van der Waals surface area contributed by atoms with Crippen molar-refractivity contribution < 1.29 is 9.53 Å². The van der Waals surface area contributed by atoms with E-state index in [0.29, 0.717) is 18.1 Å². The highest BCUT2D eigenvalue weighted by molar-refractivity contribution is 5.99. The van der Waals surface area contributed by atoms with E-state index in [9.17, 15) is 4.79 Å². The van der Waals surface area contributed by atoms with Crippen molar-refractivity contribution in [2.75, 3.05) is 6.61 Å². The SMILES string of the molecule is CCCOc1cccc(/C=N\NC(=O)c2ccc3[nH]c4c(c3c2)CC(C)CC4)c1. The third kappa shape index (κ3) is 4.34. The highest BCUT2D eigenvalue weighted by Gasteiger charge is 2.20. The molecule has 0 fully saturated rings. The molecule has 0 aliphatic heterocycles. The van der Waals surface area contributed by atoms with Crippen LogP contribution in [0.25, 0.3) is 10.9 Å². The Kier molecular flexibility index (Phi) is 5.65. The maximum Gasteiger partial charge on any atom is 0.271 e. The van der Waals surface area contributed by atoms with E-state index in [1.807, 2.05) is 42.5 Å². The van der Waals surface area contributed by atoms with Crippen molar-refractivity contribution >= 4 is 23.0 Å². The summed E-state index contributed by atoms with van der Waals surface area (Å²) >= 11 is 0. The van der Waals surface area contributed by atoms with Gasteiger partial charge in [-0.05, 0) is 73.1 Å². The van der Waals surface area contributed by atoms with Gasteiger partial charge in [-0.1, -0.05) is 26.0 Å². The minimum Gasteiger partial charge on any atom is -0.494 e. The fourth-order valence-corrected chi connectivity index (χ4v) is 3.87. The van der Waals surface area contributed by atoms with Gasteiger partial charge in [0.25, 0.3) is 5.91 Å². The summed E-state index contributed by atoms with van der Waals surface area (Å²) in [5.41, 5.74) is 7.92. The summed E-state index contributed by atoms with van der Waals surface area (Å²) in [5.74, 6) is 1.28. The van der Waals surface area contributed by atoms with E-state index in [2.05, 4.69) is 29.4 Å². The highest BCUT2D eigenvalue weighted by atomic mass is 16.5. The van der Waals surface area contributed by atoms with Crippen molar-refractivity contribution in [1.29, 1.82) is 0 Å². The molecule has 1 aliphatic carbocycles. The molecule has 0 saturated heterocycles. The summed E-state index contributed by atoms with van der Waals surface area (Å²) in [5, 5.41) is 5.28. The number of hydrogen-bond acceptors (Lipinski definition) is 3. The van der Waals surface area contributed by atoms with Gasteiger partial charge in [-0.3, -0.25) is 4.79 Å². The number of amides is 1. The molecule has 29 heavy (non-hydrogen) atoms. The molecule has 1 heterocycles. The summed E-state index contributed by atoms with van der Waals surface area (Å²) in [7, 11) is 0. The quantitative estimate of drug-likeness (QED) is 0.468. The number of fused-ring (bicyclic) bond motifs is 3. The molecule has 3 aromatic rings. The van der Waals surface area contributed by atoms with Crippen LogP contribution in [0.5, 0.6) is 5.75 Å². The molecule has 1 atom stereocenters. The van der Waals surface area contributed by atoms with Gasteiger partial charge in [-0.15, -0.1) is 0 Å². The lowest BCUT2D eigenvalue weighted by molar-refractivity contribution is 0.0955. The van der Waals surface area contributed by atoms with Gasteiger partial charge in [-0.25, -0.2) is 5.43 Å². The van der Waals surface area contributed by atoms with Gasteiger partial charge >= 0.3 is 0 Å². The molecule has 0 bridgehead atoms. The van der Waals surface area contributed by atoms with Gasteiger partial charge in [0, 0.05) is 22.2 Å². The Balaban J connectivity index is 1.46. The number of hydrogen-bond donors (Lipinski definition) is 2. The van der Waals surface area contributed by atoms with Gasteiger partial charge in [0.1, 0.15) is 5.75 Å².